The molecule has 34 heavy (non-hydrogen) atoms. The molecule has 0 amide bonds. The minimum atomic E-state index is 0.407. The lowest BCUT2D eigenvalue weighted by Gasteiger charge is -2.33. The number of anilines is 2. The highest BCUT2D eigenvalue weighted by Crippen LogP contribution is 2.47. The van der Waals surface area contributed by atoms with Gasteiger partial charge in [-0.1, -0.05) is 68.3 Å². The van der Waals surface area contributed by atoms with Crippen LogP contribution >= 0.6 is 22.9 Å². The van der Waals surface area contributed by atoms with Gasteiger partial charge in [-0.2, -0.15) is 10.2 Å². The van der Waals surface area contributed by atoms with Gasteiger partial charge in [0.1, 0.15) is 5.82 Å². The Morgan fingerprint density at radius 2 is 1.91 bits per heavy atom. The molecule has 0 saturated carbocycles. The molecule has 0 saturated heterocycles. The van der Waals surface area contributed by atoms with E-state index in [9.17, 15) is 0 Å². The third kappa shape index (κ3) is 3.63. The molecule has 5 nitrogen and oxygen atoms in total. The van der Waals surface area contributed by atoms with Crippen molar-refractivity contribution < 1.29 is 0 Å². The van der Waals surface area contributed by atoms with E-state index < -0.39 is 0 Å². The normalized spacial score (nSPS) is 13.9. The number of benzene rings is 1. The van der Waals surface area contributed by atoms with Gasteiger partial charge in [0.25, 0.3) is 0 Å². The van der Waals surface area contributed by atoms with Gasteiger partial charge in [0.15, 0.2) is 0 Å². The second-order valence-corrected chi connectivity index (χ2v) is 9.12. The van der Waals surface area contributed by atoms with Crippen LogP contribution in [0.4, 0.5) is 11.4 Å². The summed E-state index contributed by atoms with van der Waals surface area (Å²) in [5, 5.41) is 13.8. The molecule has 0 bridgehead atoms. The Balaban J connectivity index is 1.64. The zero-order chi connectivity index (χ0) is 23.8. The Morgan fingerprint density at radius 1 is 1.09 bits per heavy atom. The van der Waals surface area contributed by atoms with E-state index in [4.69, 9.17) is 11.6 Å². The van der Waals surface area contributed by atoms with Crippen LogP contribution in [0.25, 0.3) is 27.6 Å². The highest BCUT2D eigenvalue weighted by molar-refractivity contribution is 7.15. The second kappa shape index (κ2) is 8.74. The molecule has 3 aromatic heterocycles. The molecule has 1 aliphatic heterocycles. The first-order valence-electron chi connectivity index (χ1n) is 10.4. The average Bonchev–Trinajstić information content (AvgIpc) is 3.26. The summed E-state index contributed by atoms with van der Waals surface area (Å²) < 4.78 is 0. The summed E-state index contributed by atoms with van der Waals surface area (Å²) in [5.41, 5.74) is 5.08. The van der Waals surface area contributed by atoms with Crippen LogP contribution in [0.5, 0.6) is 0 Å². The highest BCUT2D eigenvalue weighted by Gasteiger charge is 2.29. The first-order valence-corrected chi connectivity index (χ1v) is 11.6. The van der Waals surface area contributed by atoms with Gasteiger partial charge in [0, 0.05) is 38.0 Å². The van der Waals surface area contributed by atoms with Crippen LogP contribution in [0, 0.1) is 0 Å². The van der Waals surface area contributed by atoms with E-state index in [1.54, 1.807) is 29.8 Å². The molecule has 0 fully saturated rings. The third-order valence-corrected chi connectivity index (χ3v) is 6.98. The smallest absolute Gasteiger partial charge is 0.108 e. The minimum Gasteiger partial charge on any atom is -0.341 e. The maximum Gasteiger partial charge on any atom is 0.108 e. The zero-order valence-corrected chi connectivity index (χ0v) is 19.8. The summed E-state index contributed by atoms with van der Waals surface area (Å²) in [4.78, 5) is 8.33. The van der Waals surface area contributed by atoms with E-state index >= 15 is 0 Å². The zero-order valence-electron chi connectivity index (χ0n) is 18.3. The number of hydrogen-bond donors (Lipinski definition) is 1. The van der Waals surface area contributed by atoms with E-state index in [0.717, 1.165) is 54.3 Å². The van der Waals surface area contributed by atoms with Gasteiger partial charge in [0.05, 0.1) is 40.5 Å². The lowest BCUT2D eigenvalue weighted by Crippen LogP contribution is -2.28. The van der Waals surface area contributed by atoms with Gasteiger partial charge in [-0.05, 0) is 17.7 Å². The number of aromatic nitrogens is 3. The molecule has 1 aromatic carbocycles. The van der Waals surface area contributed by atoms with Crippen molar-refractivity contribution in [2.75, 3.05) is 10.2 Å². The number of rotatable bonds is 5. The second-order valence-electron chi connectivity index (χ2n) is 7.62. The largest absolute Gasteiger partial charge is 0.341 e. The van der Waals surface area contributed by atoms with Crippen molar-refractivity contribution in [3.63, 3.8) is 0 Å². The van der Waals surface area contributed by atoms with Gasteiger partial charge >= 0.3 is 0 Å². The van der Waals surface area contributed by atoms with E-state index in [0.29, 0.717) is 10.9 Å². The summed E-state index contributed by atoms with van der Waals surface area (Å²) >= 11 is 8.08. The Hall–Kier alpha value is -4.00. The maximum atomic E-state index is 6.51. The third-order valence-electron chi connectivity index (χ3n) is 5.59. The van der Waals surface area contributed by atoms with E-state index in [1.807, 2.05) is 47.6 Å². The van der Waals surface area contributed by atoms with Crippen LogP contribution in [0.2, 0.25) is 0 Å². The van der Waals surface area contributed by atoms with Crippen molar-refractivity contribution in [3.8, 4) is 0 Å². The Morgan fingerprint density at radius 3 is 2.65 bits per heavy atom. The van der Waals surface area contributed by atoms with Crippen molar-refractivity contribution in [1.82, 2.24) is 15.2 Å². The average molecular weight is 482 g/mol. The fourth-order valence-corrected chi connectivity index (χ4v) is 5.51. The molecular weight excluding hydrogens is 462 g/mol. The van der Waals surface area contributed by atoms with E-state index in [1.165, 1.54) is 0 Å². The highest BCUT2D eigenvalue weighted by atomic mass is 35.5. The number of pyridine rings is 1. The number of hydrogen-bond acceptors (Lipinski definition) is 6. The van der Waals surface area contributed by atoms with Crippen LogP contribution in [-0.2, 0) is 0 Å². The molecule has 4 aromatic rings. The fourth-order valence-electron chi connectivity index (χ4n) is 4.09. The van der Waals surface area contributed by atoms with Crippen LogP contribution in [0.1, 0.15) is 15.3 Å². The molecule has 7 heteroatoms. The lowest BCUT2D eigenvalue weighted by atomic mass is 10.00. The summed E-state index contributed by atoms with van der Waals surface area (Å²) in [5.74, 6) is 0.692. The molecule has 5 rings (SSSR count). The predicted molar refractivity (Wildman–Crippen MR) is 144 cm³/mol. The standard InChI is InChI=1S/C27H20ClN5S/c1-5-21(20-10-11-30-31-14-20)26(16(2)28)25-12-23-27(34-25)17(3)33(18(4)32-23)24-15-29-13-19-8-6-7-9-22(19)24/h5-15,32H,1-4H2/b26-21-. The van der Waals surface area contributed by atoms with Gasteiger partial charge in [0.2, 0.25) is 0 Å². The van der Waals surface area contributed by atoms with Crippen LogP contribution in [0.15, 0.2) is 104 Å². The molecular formula is C27H20ClN5S. The quantitative estimate of drug-likeness (QED) is 0.303. The maximum absolute atomic E-state index is 6.51. The Bertz CT molecular complexity index is 1510. The summed E-state index contributed by atoms with van der Waals surface area (Å²) in [7, 11) is 0. The number of thiophene rings is 1. The topological polar surface area (TPSA) is 53.9 Å². The van der Waals surface area contributed by atoms with Gasteiger partial charge in [-0.15, -0.1) is 11.3 Å². The van der Waals surface area contributed by atoms with E-state index in [-0.39, 0.29) is 0 Å². The van der Waals surface area contributed by atoms with Gasteiger partial charge < -0.3 is 5.32 Å². The van der Waals surface area contributed by atoms with Gasteiger partial charge in [-0.3, -0.25) is 9.88 Å². The molecule has 4 heterocycles. The molecule has 1 aliphatic rings. The first-order chi connectivity index (χ1) is 16.5. The molecule has 0 radical (unpaired) electrons. The Kier molecular flexibility index (Phi) is 5.61. The molecule has 0 atom stereocenters. The lowest BCUT2D eigenvalue weighted by molar-refractivity contribution is 1.03. The summed E-state index contributed by atoms with van der Waals surface area (Å²) in [6, 6.07) is 12.0. The van der Waals surface area contributed by atoms with Crippen LogP contribution in [0.3, 0.4) is 0 Å². The number of halogens is 1. The molecule has 166 valence electrons. The SMILES string of the molecule is C=C/C(=C(\C(=C)Cl)c1cc2c(s1)C(=C)N(c1cncc3ccccc13)C(=C)N2)c1ccnnc1. The molecule has 0 unspecified atom stereocenters. The minimum absolute atomic E-state index is 0.407. The predicted octanol–water partition coefficient (Wildman–Crippen LogP) is 7.31. The van der Waals surface area contributed by atoms with Crippen molar-refractivity contribution in [1.29, 1.82) is 0 Å². The molecule has 1 N–H and O–H groups in total. The number of allylic oxidation sites excluding steroid dienone is 4. The van der Waals surface area contributed by atoms with Crippen molar-refractivity contribution in [2.24, 2.45) is 0 Å². The van der Waals surface area contributed by atoms with Crippen molar-refractivity contribution in [3.05, 3.63) is 120 Å². The Labute approximate surface area is 206 Å². The fraction of sp³-hybridized carbons (Fsp3) is 0. The molecule has 0 spiro atoms. The number of nitrogens with zero attached hydrogens (tertiary/aromatic N) is 4. The number of nitrogens with one attached hydrogen (secondary N) is 1. The molecule has 0 aliphatic carbocycles. The first kappa shape index (κ1) is 21.8. The number of fused-ring (bicyclic) bond motifs is 2. The van der Waals surface area contributed by atoms with Crippen LogP contribution in [-0.4, -0.2) is 15.2 Å². The van der Waals surface area contributed by atoms with Crippen LogP contribution < -0.4 is 10.2 Å². The van der Waals surface area contributed by atoms with Crippen molar-refractivity contribution in [2.45, 2.75) is 0 Å². The monoisotopic (exact) mass is 481 g/mol. The summed E-state index contributed by atoms with van der Waals surface area (Å²) in [6.45, 7) is 16.7. The summed E-state index contributed by atoms with van der Waals surface area (Å²) in [6.07, 6.45) is 8.76. The van der Waals surface area contributed by atoms with Crippen molar-refractivity contribution >= 4 is 61.9 Å². The van der Waals surface area contributed by atoms with E-state index in [2.05, 4.69) is 52.9 Å². The van der Waals surface area contributed by atoms with Gasteiger partial charge in [-0.25, -0.2) is 0 Å².